The van der Waals surface area contributed by atoms with Gasteiger partial charge in [-0.2, -0.15) is 0 Å². The van der Waals surface area contributed by atoms with Crippen LogP contribution in [0, 0.1) is 0 Å². The lowest BCUT2D eigenvalue weighted by molar-refractivity contribution is -0.131. The molecule has 0 saturated carbocycles. The maximum atomic E-state index is 12.1. The predicted molar refractivity (Wildman–Crippen MR) is 76.9 cm³/mol. The lowest BCUT2D eigenvalue weighted by atomic mass is 10.3. The molecule has 2 rings (SSSR count). The number of hydrogen-bond acceptors (Lipinski definition) is 5. The highest BCUT2D eigenvalue weighted by molar-refractivity contribution is 9.10. The Labute approximate surface area is 121 Å². The lowest BCUT2D eigenvalue weighted by Crippen LogP contribution is -2.49. The van der Waals surface area contributed by atoms with Gasteiger partial charge in [-0.3, -0.25) is 4.79 Å². The first-order valence-electron chi connectivity index (χ1n) is 6.40. The van der Waals surface area contributed by atoms with Crippen LogP contribution in [0.3, 0.4) is 0 Å². The second-order valence-corrected chi connectivity index (χ2v) is 5.24. The van der Waals surface area contributed by atoms with Gasteiger partial charge in [-0.15, -0.1) is 0 Å². The summed E-state index contributed by atoms with van der Waals surface area (Å²) in [6.07, 6.45) is 3.11. The zero-order chi connectivity index (χ0) is 13.7. The minimum atomic E-state index is 0.112. The lowest BCUT2D eigenvalue weighted by Gasteiger charge is -2.34. The van der Waals surface area contributed by atoms with Crippen LogP contribution in [0.25, 0.3) is 0 Å². The van der Waals surface area contributed by atoms with Crippen LogP contribution in [0.15, 0.2) is 17.0 Å². The van der Waals surface area contributed by atoms with E-state index in [1.807, 2.05) is 4.90 Å². The van der Waals surface area contributed by atoms with Gasteiger partial charge in [0.1, 0.15) is 12.1 Å². The quantitative estimate of drug-likeness (QED) is 0.887. The fraction of sp³-hybridized carbons (Fsp3) is 0.583. The molecule has 1 N–H and O–H groups in total. The molecular weight excluding hydrogens is 310 g/mol. The van der Waals surface area contributed by atoms with Crippen molar-refractivity contribution >= 4 is 27.7 Å². The van der Waals surface area contributed by atoms with Crippen molar-refractivity contribution in [3.8, 4) is 0 Å². The molecule has 1 amide bonds. The Kier molecular flexibility index (Phi) is 5.09. The van der Waals surface area contributed by atoms with E-state index in [9.17, 15) is 4.79 Å². The molecule has 0 bridgehead atoms. The minimum Gasteiger partial charge on any atom is -0.360 e. The van der Waals surface area contributed by atoms with E-state index in [1.165, 1.54) is 6.33 Å². The monoisotopic (exact) mass is 327 g/mol. The molecule has 0 atom stereocenters. The van der Waals surface area contributed by atoms with E-state index in [0.717, 1.165) is 37.2 Å². The Morgan fingerprint density at radius 3 is 2.79 bits per heavy atom. The molecule has 0 unspecified atom stereocenters. The van der Waals surface area contributed by atoms with Crippen molar-refractivity contribution in [3.63, 3.8) is 0 Å². The van der Waals surface area contributed by atoms with E-state index >= 15 is 0 Å². The molecule has 7 heteroatoms. The standard InChI is InChI=1S/C12H18BrN5O/c1-2-17-3-5-18(6-4-17)11(19)8-15-12-10(13)7-14-9-16-12/h7,9H,2-6,8H2,1H3,(H,14,15,16). The summed E-state index contributed by atoms with van der Waals surface area (Å²) in [7, 11) is 0. The van der Waals surface area contributed by atoms with Gasteiger partial charge in [-0.05, 0) is 22.5 Å². The Bertz CT molecular complexity index is 434. The number of nitrogens with zero attached hydrogens (tertiary/aromatic N) is 4. The van der Waals surface area contributed by atoms with Gasteiger partial charge in [-0.1, -0.05) is 6.92 Å². The Hall–Kier alpha value is -1.21. The summed E-state index contributed by atoms with van der Waals surface area (Å²) >= 11 is 3.34. The van der Waals surface area contributed by atoms with Crippen molar-refractivity contribution in [2.24, 2.45) is 0 Å². The maximum Gasteiger partial charge on any atom is 0.242 e. The smallest absolute Gasteiger partial charge is 0.242 e. The number of carbonyl (C=O) groups excluding carboxylic acids is 1. The molecule has 1 aromatic heterocycles. The summed E-state index contributed by atoms with van der Waals surface area (Å²) in [4.78, 5) is 24.3. The molecule has 1 fully saturated rings. The average molecular weight is 328 g/mol. The molecule has 1 aliphatic heterocycles. The number of carbonyl (C=O) groups is 1. The third-order valence-corrected chi connectivity index (χ3v) is 3.83. The summed E-state index contributed by atoms with van der Waals surface area (Å²) in [5.74, 6) is 0.761. The van der Waals surface area contributed by atoms with Crippen LogP contribution in [-0.4, -0.2) is 64.9 Å². The number of hydrogen-bond donors (Lipinski definition) is 1. The number of amides is 1. The number of halogens is 1. The van der Waals surface area contributed by atoms with Crippen molar-refractivity contribution in [2.75, 3.05) is 44.6 Å². The van der Waals surface area contributed by atoms with Crippen molar-refractivity contribution in [1.82, 2.24) is 19.8 Å². The fourth-order valence-electron chi connectivity index (χ4n) is 2.03. The van der Waals surface area contributed by atoms with Gasteiger partial charge in [-0.25, -0.2) is 9.97 Å². The number of rotatable bonds is 4. The third-order valence-electron chi connectivity index (χ3n) is 3.25. The molecular formula is C12H18BrN5O. The summed E-state index contributed by atoms with van der Waals surface area (Å²) in [6.45, 7) is 6.99. The molecule has 1 aliphatic rings. The molecule has 0 spiro atoms. The van der Waals surface area contributed by atoms with Crippen LogP contribution in [0.1, 0.15) is 6.92 Å². The minimum absolute atomic E-state index is 0.112. The van der Waals surface area contributed by atoms with Crippen LogP contribution < -0.4 is 5.32 Å². The summed E-state index contributed by atoms with van der Waals surface area (Å²) in [5, 5.41) is 3.03. The van der Waals surface area contributed by atoms with E-state index in [4.69, 9.17) is 0 Å². The van der Waals surface area contributed by atoms with Gasteiger partial charge in [0, 0.05) is 32.4 Å². The number of aromatic nitrogens is 2. The number of likely N-dealkylation sites (N-methyl/N-ethyl adjacent to an activating group) is 1. The summed E-state index contributed by atoms with van der Waals surface area (Å²) < 4.78 is 0.763. The van der Waals surface area contributed by atoms with Crippen LogP contribution in [-0.2, 0) is 4.79 Å². The Morgan fingerprint density at radius 1 is 1.42 bits per heavy atom. The molecule has 0 aliphatic carbocycles. The van der Waals surface area contributed by atoms with Crippen LogP contribution in [0.2, 0.25) is 0 Å². The SMILES string of the molecule is CCN1CCN(C(=O)CNc2ncncc2Br)CC1. The molecule has 1 aromatic rings. The highest BCUT2D eigenvalue weighted by atomic mass is 79.9. The maximum absolute atomic E-state index is 12.1. The van der Waals surface area contributed by atoms with Crippen molar-refractivity contribution in [1.29, 1.82) is 0 Å². The van der Waals surface area contributed by atoms with Crippen molar-refractivity contribution < 1.29 is 4.79 Å². The zero-order valence-electron chi connectivity index (χ0n) is 11.0. The van der Waals surface area contributed by atoms with Gasteiger partial charge in [0.05, 0.1) is 11.0 Å². The normalized spacial score (nSPS) is 16.4. The van der Waals surface area contributed by atoms with Crippen LogP contribution >= 0.6 is 15.9 Å². The molecule has 104 valence electrons. The number of anilines is 1. The molecule has 0 aromatic carbocycles. The molecule has 6 nitrogen and oxygen atoms in total. The Balaban J connectivity index is 1.81. The van der Waals surface area contributed by atoms with Gasteiger partial charge >= 0.3 is 0 Å². The fourth-order valence-corrected chi connectivity index (χ4v) is 2.39. The van der Waals surface area contributed by atoms with E-state index in [-0.39, 0.29) is 12.5 Å². The number of piperazine rings is 1. The predicted octanol–water partition coefficient (Wildman–Crippen LogP) is 0.815. The average Bonchev–Trinajstić information content (AvgIpc) is 2.46. The highest BCUT2D eigenvalue weighted by Gasteiger charge is 2.19. The van der Waals surface area contributed by atoms with Crippen molar-refractivity contribution in [2.45, 2.75) is 6.92 Å². The van der Waals surface area contributed by atoms with Crippen molar-refractivity contribution in [3.05, 3.63) is 17.0 Å². The summed E-state index contributed by atoms with van der Waals surface area (Å²) in [6, 6.07) is 0. The third kappa shape index (κ3) is 3.87. The first kappa shape index (κ1) is 14.2. The molecule has 2 heterocycles. The van der Waals surface area contributed by atoms with Gasteiger partial charge in [0.25, 0.3) is 0 Å². The van der Waals surface area contributed by atoms with Gasteiger partial charge in [0.2, 0.25) is 5.91 Å². The van der Waals surface area contributed by atoms with E-state index < -0.39 is 0 Å². The molecule has 1 saturated heterocycles. The van der Waals surface area contributed by atoms with E-state index in [0.29, 0.717) is 5.82 Å². The molecule has 0 radical (unpaired) electrons. The van der Waals surface area contributed by atoms with E-state index in [2.05, 4.69) is 43.0 Å². The first-order chi connectivity index (χ1) is 9.20. The highest BCUT2D eigenvalue weighted by Crippen LogP contribution is 2.16. The number of nitrogens with one attached hydrogen (secondary N) is 1. The largest absolute Gasteiger partial charge is 0.360 e. The van der Waals surface area contributed by atoms with Crippen LogP contribution in [0.4, 0.5) is 5.82 Å². The Morgan fingerprint density at radius 2 is 2.16 bits per heavy atom. The van der Waals surface area contributed by atoms with Crippen LogP contribution in [0.5, 0.6) is 0 Å². The first-order valence-corrected chi connectivity index (χ1v) is 7.19. The zero-order valence-corrected chi connectivity index (χ0v) is 12.6. The second kappa shape index (κ2) is 6.81. The second-order valence-electron chi connectivity index (χ2n) is 4.39. The topological polar surface area (TPSA) is 61.4 Å². The molecule has 19 heavy (non-hydrogen) atoms. The van der Waals surface area contributed by atoms with Gasteiger partial charge in [0.15, 0.2) is 0 Å². The van der Waals surface area contributed by atoms with E-state index in [1.54, 1.807) is 6.20 Å². The van der Waals surface area contributed by atoms with Gasteiger partial charge < -0.3 is 15.1 Å². The summed E-state index contributed by atoms with van der Waals surface area (Å²) in [5.41, 5.74) is 0.